The molecule has 36 heavy (non-hydrogen) atoms. The van der Waals surface area contributed by atoms with Crippen molar-refractivity contribution in [3.63, 3.8) is 0 Å². The molecule has 1 aromatic carbocycles. The highest BCUT2D eigenvalue weighted by atomic mass is 19.3. The minimum Gasteiger partial charge on any atom is -0.479 e. The molecular weight excluding hydrogens is 492 g/mol. The molecular formula is C22H21F6N7O. The van der Waals surface area contributed by atoms with Gasteiger partial charge in [0.15, 0.2) is 11.6 Å². The molecule has 0 radical (unpaired) electrons. The third-order valence-electron chi connectivity index (χ3n) is 6.14. The van der Waals surface area contributed by atoms with Crippen LogP contribution in [0.25, 0.3) is 27.7 Å². The van der Waals surface area contributed by atoms with E-state index in [1.54, 1.807) is 7.05 Å². The Hall–Kier alpha value is -3.55. The summed E-state index contributed by atoms with van der Waals surface area (Å²) in [6.45, 7) is -0.727. The van der Waals surface area contributed by atoms with E-state index in [9.17, 15) is 22.0 Å². The van der Waals surface area contributed by atoms with Gasteiger partial charge in [0.2, 0.25) is 11.8 Å². The lowest BCUT2D eigenvalue weighted by Crippen LogP contribution is -2.53. The molecule has 0 bridgehead atoms. The molecule has 4 aromatic rings. The van der Waals surface area contributed by atoms with Crippen molar-refractivity contribution in [3.05, 3.63) is 36.3 Å². The fraction of sp³-hybridized carbons (Fsp3) is 0.409. The molecule has 1 aliphatic heterocycles. The second-order valence-corrected chi connectivity index (χ2v) is 8.69. The molecule has 1 N–H and O–H groups in total. The predicted octanol–water partition coefficient (Wildman–Crippen LogP) is 4.05. The predicted molar refractivity (Wildman–Crippen MR) is 119 cm³/mol. The summed E-state index contributed by atoms with van der Waals surface area (Å²) < 4.78 is 92.3. The van der Waals surface area contributed by atoms with Gasteiger partial charge in [-0.3, -0.25) is 0 Å². The largest absolute Gasteiger partial charge is 0.479 e. The van der Waals surface area contributed by atoms with Crippen LogP contribution in [0, 0.1) is 11.6 Å². The van der Waals surface area contributed by atoms with Gasteiger partial charge in [-0.25, -0.2) is 35.8 Å². The van der Waals surface area contributed by atoms with E-state index in [0.29, 0.717) is 6.54 Å². The number of ether oxygens (including phenoxy) is 1. The Kier molecular flexibility index (Phi) is 5.93. The van der Waals surface area contributed by atoms with Crippen molar-refractivity contribution in [2.45, 2.75) is 31.4 Å². The quantitative estimate of drug-likeness (QED) is 0.393. The number of fused-ring (bicyclic) bond motifs is 2. The Morgan fingerprint density at radius 2 is 2.00 bits per heavy atom. The van der Waals surface area contributed by atoms with Crippen molar-refractivity contribution in [2.24, 2.45) is 0 Å². The minimum absolute atomic E-state index is 0.00867. The Labute approximate surface area is 200 Å². The maximum Gasteiger partial charge on any atom is 0.280 e. The highest BCUT2D eigenvalue weighted by molar-refractivity contribution is 5.90. The standard InChI is InChI=1S/C22H21F6N7O/c1-33-4-3-15(22(27,28)9-33)30-21-31-20(36-2)19-17(13(24)7-35(19)32-21)11-5-12(23)18-14(6-11)34(10-29-18)8-16(25)26/h5-7,10,15-16H,3-4,8-9H2,1-2H3,(H,30,32)/t15-/m1/s1. The highest BCUT2D eigenvalue weighted by Crippen LogP contribution is 2.37. The third-order valence-corrected chi connectivity index (χ3v) is 6.14. The number of anilines is 1. The Morgan fingerprint density at radius 3 is 2.69 bits per heavy atom. The van der Waals surface area contributed by atoms with Gasteiger partial charge in [-0.1, -0.05) is 0 Å². The van der Waals surface area contributed by atoms with E-state index in [2.05, 4.69) is 20.4 Å². The maximum absolute atomic E-state index is 15.2. The summed E-state index contributed by atoms with van der Waals surface area (Å²) in [5.74, 6) is -5.07. The van der Waals surface area contributed by atoms with E-state index in [1.807, 2.05) is 0 Å². The summed E-state index contributed by atoms with van der Waals surface area (Å²) in [4.78, 5) is 9.48. The van der Waals surface area contributed by atoms with Crippen LogP contribution >= 0.6 is 0 Å². The molecule has 14 heteroatoms. The van der Waals surface area contributed by atoms with Gasteiger partial charge in [0.1, 0.15) is 11.0 Å². The number of alkyl halides is 4. The SMILES string of the molecule is COc1nc(N[C@@H]2CCN(C)CC2(F)F)nn2cc(F)c(-c3cc(F)c4ncn(CC(F)F)c4c3)c12. The number of aromatic nitrogens is 5. The number of rotatable bonds is 6. The molecule has 0 aliphatic carbocycles. The van der Waals surface area contributed by atoms with Gasteiger partial charge < -0.3 is 19.5 Å². The van der Waals surface area contributed by atoms with Crippen LogP contribution in [0.1, 0.15) is 6.42 Å². The van der Waals surface area contributed by atoms with Gasteiger partial charge in [-0.15, -0.1) is 5.10 Å². The van der Waals surface area contributed by atoms with E-state index in [1.165, 1.54) is 18.1 Å². The number of likely N-dealkylation sites (tertiary alicyclic amines) is 1. The first-order valence-electron chi connectivity index (χ1n) is 11.0. The van der Waals surface area contributed by atoms with Crippen LogP contribution in [0.2, 0.25) is 0 Å². The average molecular weight is 513 g/mol. The third kappa shape index (κ3) is 4.18. The van der Waals surface area contributed by atoms with Crippen molar-refractivity contribution < 1.29 is 31.1 Å². The van der Waals surface area contributed by atoms with Crippen LogP contribution in [0.15, 0.2) is 24.7 Å². The number of nitrogens with zero attached hydrogens (tertiary/aromatic N) is 6. The second-order valence-electron chi connectivity index (χ2n) is 8.69. The molecule has 192 valence electrons. The molecule has 4 heterocycles. The minimum atomic E-state index is -3.06. The van der Waals surface area contributed by atoms with Gasteiger partial charge >= 0.3 is 0 Å². The first-order valence-corrected chi connectivity index (χ1v) is 11.0. The van der Waals surface area contributed by atoms with E-state index < -0.39 is 43.1 Å². The zero-order valence-electron chi connectivity index (χ0n) is 19.2. The first kappa shape index (κ1) is 24.2. The molecule has 8 nitrogen and oxygen atoms in total. The van der Waals surface area contributed by atoms with E-state index in [0.717, 1.165) is 27.7 Å². The lowest BCUT2D eigenvalue weighted by Gasteiger charge is -2.36. The highest BCUT2D eigenvalue weighted by Gasteiger charge is 2.44. The zero-order valence-corrected chi connectivity index (χ0v) is 19.2. The van der Waals surface area contributed by atoms with E-state index in [-0.39, 0.29) is 45.9 Å². The van der Waals surface area contributed by atoms with Gasteiger partial charge in [-0.05, 0) is 31.2 Å². The number of benzene rings is 1. The number of hydrogen-bond acceptors (Lipinski definition) is 6. The average Bonchev–Trinajstić information content (AvgIpc) is 3.34. The molecule has 1 atom stereocenters. The maximum atomic E-state index is 15.2. The van der Waals surface area contributed by atoms with Crippen LogP contribution in [0.3, 0.4) is 0 Å². The Bertz CT molecular complexity index is 1440. The van der Waals surface area contributed by atoms with Crippen LogP contribution in [0.5, 0.6) is 5.88 Å². The van der Waals surface area contributed by atoms with Crippen LogP contribution in [-0.4, -0.2) is 74.7 Å². The molecule has 3 aromatic heterocycles. The van der Waals surface area contributed by atoms with Crippen molar-refractivity contribution in [1.82, 2.24) is 29.0 Å². The number of hydrogen-bond donors (Lipinski definition) is 1. The lowest BCUT2D eigenvalue weighted by atomic mass is 10.0. The monoisotopic (exact) mass is 513 g/mol. The molecule has 1 fully saturated rings. The molecule has 0 spiro atoms. The van der Waals surface area contributed by atoms with Crippen molar-refractivity contribution in [1.29, 1.82) is 0 Å². The number of imidazole rings is 1. The Balaban J connectivity index is 1.59. The number of halogens is 6. The Morgan fingerprint density at radius 1 is 1.22 bits per heavy atom. The summed E-state index contributed by atoms with van der Waals surface area (Å²) in [6, 6.07) is 1.10. The topological polar surface area (TPSA) is 72.5 Å². The lowest BCUT2D eigenvalue weighted by molar-refractivity contribution is -0.0675. The molecule has 0 saturated carbocycles. The van der Waals surface area contributed by atoms with E-state index in [4.69, 9.17) is 4.74 Å². The van der Waals surface area contributed by atoms with Gasteiger partial charge in [0, 0.05) is 6.54 Å². The van der Waals surface area contributed by atoms with Crippen molar-refractivity contribution in [3.8, 4) is 17.0 Å². The summed E-state index contributed by atoms with van der Waals surface area (Å²) in [5.41, 5.74) is -0.216. The van der Waals surface area contributed by atoms with Crippen LogP contribution in [-0.2, 0) is 6.54 Å². The summed E-state index contributed by atoms with van der Waals surface area (Å²) in [7, 11) is 2.85. The number of piperidine rings is 1. The summed E-state index contributed by atoms with van der Waals surface area (Å²) >= 11 is 0. The first-order chi connectivity index (χ1) is 17.1. The molecule has 0 amide bonds. The van der Waals surface area contributed by atoms with E-state index >= 15 is 4.39 Å². The normalized spacial score (nSPS) is 18.4. The molecule has 1 aliphatic rings. The number of nitrogens with one attached hydrogen (secondary N) is 1. The van der Waals surface area contributed by atoms with Gasteiger partial charge in [-0.2, -0.15) is 4.98 Å². The summed E-state index contributed by atoms with van der Waals surface area (Å²) in [6.07, 6.45) is -0.522. The fourth-order valence-corrected chi connectivity index (χ4v) is 4.50. The van der Waals surface area contributed by atoms with Crippen molar-refractivity contribution >= 4 is 22.5 Å². The smallest absolute Gasteiger partial charge is 0.280 e. The number of methoxy groups -OCH3 is 1. The van der Waals surface area contributed by atoms with Gasteiger partial charge in [0.05, 0.1) is 49.8 Å². The molecule has 0 unspecified atom stereocenters. The fourth-order valence-electron chi connectivity index (χ4n) is 4.50. The second kappa shape index (κ2) is 8.84. The van der Waals surface area contributed by atoms with Crippen LogP contribution < -0.4 is 10.1 Å². The zero-order chi connectivity index (χ0) is 25.8. The molecule has 5 rings (SSSR count). The summed E-state index contributed by atoms with van der Waals surface area (Å²) in [5, 5.41) is 6.74. The molecule has 1 saturated heterocycles. The van der Waals surface area contributed by atoms with Gasteiger partial charge in [0.25, 0.3) is 12.3 Å². The van der Waals surface area contributed by atoms with Crippen LogP contribution in [0.4, 0.5) is 32.3 Å². The van der Waals surface area contributed by atoms with Crippen molar-refractivity contribution in [2.75, 3.05) is 32.6 Å².